The standard InChI is InChI=1S/C16H23BrN2O2.ClH/c1-19(15(20)11-18-9-10-21-2)12-16(7-8-16)13-3-5-14(17)6-4-13;/h3-6,18H,7-12H2,1-2H3;1H. The van der Waals surface area contributed by atoms with E-state index in [2.05, 4.69) is 45.5 Å². The topological polar surface area (TPSA) is 41.6 Å². The predicted molar refractivity (Wildman–Crippen MR) is 94.7 cm³/mol. The molecule has 0 saturated heterocycles. The number of likely N-dealkylation sites (N-methyl/N-ethyl adjacent to an activating group) is 1. The van der Waals surface area contributed by atoms with Gasteiger partial charge >= 0.3 is 0 Å². The molecule has 6 heteroatoms. The zero-order valence-corrected chi connectivity index (χ0v) is 15.5. The van der Waals surface area contributed by atoms with Crippen LogP contribution < -0.4 is 5.32 Å². The van der Waals surface area contributed by atoms with Gasteiger partial charge in [0.05, 0.1) is 13.2 Å². The van der Waals surface area contributed by atoms with Crippen LogP contribution in [0.4, 0.5) is 0 Å². The van der Waals surface area contributed by atoms with E-state index in [4.69, 9.17) is 4.74 Å². The van der Waals surface area contributed by atoms with E-state index in [0.29, 0.717) is 19.7 Å². The number of carbonyl (C=O) groups is 1. The van der Waals surface area contributed by atoms with Crippen molar-refractivity contribution in [2.24, 2.45) is 0 Å². The van der Waals surface area contributed by atoms with Crippen LogP contribution in [0.25, 0.3) is 0 Å². The average Bonchev–Trinajstić information content (AvgIpc) is 3.24. The third-order valence-corrected chi connectivity index (χ3v) is 4.56. The summed E-state index contributed by atoms with van der Waals surface area (Å²) in [6.07, 6.45) is 2.31. The van der Waals surface area contributed by atoms with Gasteiger partial charge in [0.1, 0.15) is 0 Å². The molecule has 0 aliphatic heterocycles. The number of nitrogens with zero attached hydrogens (tertiary/aromatic N) is 1. The van der Waals surface area contributed by atoms with Crippen molar-refractivity contribution in [3.05, 3.63) is 34.3 Å². The molecule has 1 aliphatic carbocycles. The number of nitrogens with one attached hydrogen (secondary N) is 1. The van der Waals surface area contributed by atoms with Crippen molar-refractivity contribution >= 4 is 34.2 Å². The molecule has 1 aromatic carbocycles. The molecule has 124 valence electrons. The molecule has 1 aromatic rings. The van der Waals surface area contributed by atoms with Crippen LogP contribution >= 0.6 is 28.3 Å². The van der Waals surface area contributed by atoms with Crippen molar-refractivity contribution in [2.45, 2.75) is 18.3 Å². The lowest BCUT2D eigenvalue weighted by Gasteiger charge is -2.24. The molecule has 1 saturated carbocycles. The molecule has 0 aromatic heterocycles. The fraction of sp³-hybridized carbons (Fsp3) is 0.562. The minimum atomic E-state index is 0. The third-order valence-electron chi connectivity index (χ3n) is 4.03. The molecule has 2 rings (SSSR count). The van der Waals surface area contributed by atoms with Crippen LogP contribution in [-0.2, 0) is 14.9 Å². The Labute approximate surface area is 147 Å². The van der Waals surface area contributed by atoms with Crippen LogP contribution in [0.1, 0.15) is 18.4 Å². The first-order chi connectivity index (χ1) is 10.1. The predicted octanol–water partition coefficient (Wildman–Crippen LogP) is 2.60. The Balaban J connectivity index is 0.00000242. The van der Waals surface area contributed by atoms with Crippen molar-refractivity contribution in [1.82, 2.24) is 10.2 Å². The summed E-state index contributed by atoms with van der Waals surface area (Å²) in [4.78, 5) is 14.0. The van der Waals surface area contributed by atoms with E-state index >= 15 is 0 Å². The second-order valence-electron chi connectivity index (χ2n) is 5.71. The van der Waals surface area contributed by atoms with Gasteiger partial charge < -0.3 is 15.0 Å². The van der Waals surface area contributed by atoms with E-state index in [-0.39, 0.29) is 23.7 Å². The molecule has 0 unspecified atom stereocenters. The van der Waals surface area contributed by atoms with Gasteiger partial charge in [0.15, 0.2) is 0 Å². The van der Waals surface area contributed by atoms with Crippen molar-refractivity contribution < 1.29 is 9.53 Å². The van der Waals surface area contributed by atoms with Crippen molar-refractivity contribution in [3.63, 3.8) is 0 Å². The molecule has 0 atom stereocenters. The van der Waals surface area contributed by atoms with Crippen LogP contribution in [0, 0.1) is 0 Å². The highest BCUT2D eigenvalue weighted by Gasteiger charge is 2.45. The van der Waals surface area contributed by atoms with E-state index in [1.54, 1.807) is 7.11 Å². The largest absolute Gasteiger partial charge is 0.383 e. The maximum Gasteiger partial charge on any atom is 0.236 e. The molecule has 0 radical (unpaired) electrons. The minimum absolute atomic E-state index is 0. The molecule has 1 N–H and O–H groups in total. The average molecular weight is 392 g/mol. The van der Waals surface area contributed by atoms with Gasteiger partial charge in [-0.05, 0) is 30.5 Å². The summed E-state index contributed by atoms with van der Waals surface area (Å²) in [5.74, 6) is 0.134. The monoisotopic (exact) mass is 390 g/mol. The van der Waals surface area contributed by atoms with E-state index in [1.165, 1.54) is 5.56 Å². The first kappa shape index (κ1) is 19.4. The van der Waals surface area contributed by atoms with Crippen LogP contribution in [0.5, 0.6) is 0 Å². The molecule has 0 heterocycles. The maximum absolute atomic E-state index is 12.1. The summed E-state index contributed by atoms with van der Waals surface area (Å²) in [6, 6.07) is 8.46. The summed E-state index contributed by atoms with van der Waals surface area (Å²) < 4.78 is 6.04. The highest BCUT2D eigenvalue weighted by Crippen LogP contribution is 2.48. The van der Waals surface area contributed by atoms with Crippen molar-refractivity contribution in [2.75, 3.05) is 40.4 Å². The van der Waals surface area contributed by atoms with Gasteiger partial charge in [0, 0.05) is 37.1 Å². The summed E-state index contributed by atoms with van der Waals surface area (Å²) in [5, 5.41) is 3.10. The zero-order valence-electron chi connectivity index (χ0n) is 13.1. The lowest BCUT2D eigenvalue weighted by atomic mass is 9.95. The number of rotatable bonds is 8. The molecular formula is C16H24BrClN2O2. The number of benzene rings is 1. The van der Waals surface area contributed by atoms with Gasteiger partial charge in [-0.1, -0.05) is 28.1 Å². The van der Waals surface area contributed by atoms with Gasteiger partial charge in [-0.2, -0.15) is 0 Å². The van der Waals surface area contributed by atoms with E-state index in [9.17, 15) is 4.79 Å². The zero-order chi connectivity index (χ0) is 15.3. The molecular weight excluding hydrogens is 368 g/mol. The fourth-order valence-corrected chi connectivity index (χ4v) is 2.80. The lowest BCUT2D eigenvalue weighted by molar-refractivity contribution is -0.129. The number of hydrogen-bond donors (Lipinski definition) is 1. The quantitative estimate of drug-likeness (QED) is 0.693. The highest BCUT2D eigenvalue weighted by atomic mass is 79.9. The van der Waals surface area contributed by atoms with Gasteiger partial charge in [0.2, 0.25) is 5.91 Å². The molecule has 1 fully saturated rings. The van der Waals surface area contributed by atoms with Gasteiger partial charge in [0.25, 0.3) is 0 Å². The number of amides is 1. The molecule has 1 amide bonds. The normalized spacial score (nSPS) is 15.0. The molecule has 4 nitrogen and oxygen atoms in total. The van der Waals surface area contributed by atoms with Crippen molar-refractivity contribution in [1.29, 1.82) is 0 Å². The fourth-order valence-electron chi connectivity index (χ4n) is 2.54. The number of halogens is 2. The Morgan fingerprint density at radius 1 is 1.36 bits per heavy atom. The van der Waals surface area contributed by atoms with Gasteiger partial charge in [-0.25, -0.2) is 0 Å². The Hall–Kier alpha value is -0.620. The first-order valence-corrected chi connectivity index (χ1v) is 8.06. The van der Waals surface area contributed by atoms with E-state index < -0.39 is 0 Å². The Kier molecular flexibility index (Phi) is 7.83. The summed E-state index contributed by atoms with van der Waals surface area (Å²) >= 11 is 3.46. The second-order valence-corrected chi connectivity index (χ2v) is 6.62. The lowest BCUT2D eigenvalue weighted by Crippen LogP contribution is -2.40. The highest BCUT2D eigenvalue weighted by molar-refractivity contribution is 9.10. The second kappa shape index (κ2) is 8.87. The Bertz CT molecular complexity index is 478. The van der Waals surface area contributed by atoms with Crippen molar-refractivity contribution in [3.8, 4) is 0 Å². The molecule has 22 heavy (non-hydrogen) atoms. The number of hydrogen-bond acceptors (Lipinski definition) is 3. The Morgan fingerprint density at radius 3 is 2.55 bits per heavy atom. The smallest absolute Gasteiger partial charge is 0.236 e. The number of carbonyl (C=O) groups excluding carboxylic acids is 1. The SMILES string of the molecule is COCCNCC(=O)N(C)CC1(c2ccc(Br)cc2)CC1.Cl. The molecule has 0 spiro atoms. The van der Waals surface area contributed by atoms with Gasteiger partial charge in [-0.15, -0.1) is 12.4 Å². The molecule has 0 bridgehead atoms. The summed E-state index contributed by atoms with van der Waals surface area (Å²) in [7, 11) is 3.55. The summed E-state index contributed by atoms with van der Waals surface area (Å²) in [5.41, 5.74) is 1.50. The maximum atomic E-state index is 12.1. The Morgan fingerprint density at radius 2 is 2.00 bits per heavy atom. The van der Waals surface area contributed by atoms with E-state index in [0.717, 1.165) is 23.9 Å². The third kappa shape index (κ3) is 5.23. The van der Waals surface area contributed by atoms with Gasteiger partial charge in [-0.3, -0.25) is 4.79 Å². The van der Waals surface area contributed by atoms with Crippen LogP contribution in [-0.4, -0.2) is 51.2 Å². The van der Waals surface area contributed by atoms with E-state index in [1.807, 2.05) is 11.9 Å². The number of methoxy groups -OCH3 is 1. The first-order valence-electron chi connectivity index (χ1n) is 7.27. The summed E-state index contributed by atoms with van der Waals surface area (Å²) in [6.45, 7) is 2.49. The minimum Gasteiger partial charge on any atom is -0.383 e. The van der Waals surface area contributed by atoms with Crippen LogP contribution in [0.2, 0.25) is 0 Å². The van der Waals surface area contributed by atoms with Crippen LogP contribution in [0.3, 0.4) is 0 Å². The molecule has 1 aliphatic rings. The van der Waals surface area contributed by atoms with Crippen LogP contribution in [0.15, 0.2) is 28.7 Å². The number of ether oxygens (including phenoxy) is 1.